The lowest BCUT2D eigenvalue weighted by molar-refractivity contribution is 0.525. The lowest BCUT2D eigenvalue weighted by Gasteiger charge is -2.07. The third-order valence-corrected chi connectivity index (χ3v) is 2.93. The van der Waals surface area contributed by atoms with Gasteiger partial charge in [-0.3, -0.25) is 0 Å². The van der Waals surface area contributed by atoms with Crippen LogP contribution in [0, 0.1) is 0 Å². The normalized spacial score (nSPS) is 10.3. The molecular weight excluding hydrogens is 220 g/mol. The summed E-state index contributed by atoms with van der Waals surface area (Å²) in [7, 11) is 0. The van der Waals surface area contributed by atoms with E-state index in [2.05, 4.69) is 19.2 Å². The summed E-state index contributed by atoms with van der Waals surface area (Å²) in [5, 5.41) is 3.46. The molecular formula is C16H42N2. The van der Waals surface area contributed by atoms with Gasteiger partial charge in [0.2, 0.25) is 0 Å². The maximum atomic E-state index is 5.45. The summed E-state index contributed by atoms with van der Waals surface area (Å²) < 4.78 is 0. The third kappa shape index (κ3) is 21.2. The molecule has 0 aliphatic rings. The van der Waals surface area contributed by atoms with Gasteiger partial charge >= 0.3 is 0 Å². The number of hydrogen-bond acceptors (Lipinski definition) is 2. The molecule has 0 amide bonds. The average Bonchev–Trinajstić information content (AvgIpc) is 2.38. The Labute approximate surface area is 119 Å². The molecule has 0 aromatic carbocycles. The van der Waals surface area contributed by atoms with E-state index in [1.165, 1.54) is 64.3 Å². The van der Waals surface area contributed by atoms with Crippen molar-refractivity contribution in [3.63, 3.8) is 0 Å². The van der Waals surface area contributed by atoms with E-state index in [9.17, 15) is 0 Å². The Balaban J connectivity index is -0.000000304. The van der Waals surface area contributed by atoms with Gasteiger partial charge in [0, 0.05) is 8.90 Å². The van der Waals surface area contributed by atoms with Crippen LogP contribution in [-0.4, -0.2) is 19.1 Å². The highest BCUT2D eigenvalue weighted by molar-refractivity contribution is 4.53. The molecule has 0 rings (SSSR count). The zero-order chi connectivity index (χ0) is 14.1. The van der Waals surface area contributed by atoms with Gasteiger partial charge in [0.15, 0.2) is 0 Å². The van der Waals surface area contributed by atoms with E-state index < -0.39 is 0 Å². The predicted octanol–water partition coefficient (Wildman–Crippen LogP) is 4.97. The van der Waals surface area contributed by atoms with Crippen LogP contribution in [0.1, 0.15) is 88.3 Å². The lowest BCUT2D eigenvalue weighted by atomic mass is 10.1. The van der Waals surface area contributed by atoms with Gasteiger partial charge in [-0.15, -0.1) is 0 Å². The van der Waals surface area contributed by atoms with Crippen molar-refractivity contribution < 1.29 is 2.85 Å². The fourth-order valence-electron chi connectivity index (χ4n) is 1.90. The summed E-state index contributed by atoms with van der Waals surface area (Å²) in [5.74, 6) is 0. The van der Waals surface area contributed by atoms with Gasteiger partial charge in [-0.25, -0.2) is 0 Å². The molecule has 0 saturated carbocycles. The highest BCUT2D eigenvalue weighted by Crippen LogP contribution is 2.09. The van der Waals surface area contributed by atoms with Crippen molar-refractivity contribution in [2.45, 2.75) is 91.5 Å². The molecule has 2 nitrogen and oxygen atoms in total. The Morgan fingerprint density at radius 3 is 1.56 bits per heavy atom. The highest BCUT2D eigenvalue weighted by Gasteiger charge is 1.93. The number of unbranched alkanes of at least 4 members (excludes halogenated alkanes) is 8. The van der Waals surface area contributed by atoms with Gasteiger partial charge in [-0.05, 0) is 25.9 Å². The maximum absolute atomic E-state index is 5.45. The molecule has 0 aromatic rings. The molecule has 0 saturated heterocycles. The number of nitrogens with two attached hydrogens (primary N) is 1. The van der Waals surface area contributed by atoms with Crippen LogP contribution in [-0.2, 0) is 0 Å². The quantitative estimate of drug-likeness (QED) is 0.487. The summed E-state index contributed by atoms with van der Waals surface area (Å²) in [6, 6.07) is 0.641. The van der Waals surface area contributed by atoms with E-state index >= 15 is 0 Å². The molecule has 0 aromatic heterocycles. The first-order valence-corrected chi connectivity index (χ1v) is 8.21. The average molecular weight is 263 g/mol. The molecule has 2 heteroatoms. The van der Waals surface area contributed by atoms with Crippen molar-refractivity contribution in [3.05, 3.63) is 0 Å². The minimum absolute atomic E-state index is 0. The van der Waals surface area contributed by atoms with Gasteiger partial charge < -0.3 is 11.1 Å². The molecule has 3 N–H and O–H groups in total. The standard InChI is InChI=1S/C14H32N2.C2H6.2H2/c1-14(2)16-13-11-9-7-5-3-4-6-8-10-12-15;1-2;;/h14,16H,3-13,15H2,1-2H3;1-2H3;2*1H. The zero-order valence-corrected chi connectivity index (χ0v) is 13.4. The van der Waals surface area contributed by atoms with Crippen LogP contribution in [0.2, 0.25) is 0 Å². The van der Waals surface area contributed by atoms with Crippen molar-refractivity contribution in [2.75, 3.05) is 13.1 Å². The van der Waals surface area contributed by atoms with Crippen molar-refractivity contribution >= 4 is 0 Å². The largest absolute Gasteiger partial charge is 0.330 e. The Morgan fingerprint density at radius 1 is 0.778 bits per heavy atom. The van der Waals surface area contributed by atoms with E-state index in [0.717, 1.165) is 6.54 Å². The van der Waals surface area contributed by atoms with Crippen LogP contribution in [0.15, 0.2) is 0 Å². The molecule has 0 spiro atoms. The van der Waals surface area contributed by atoms with Crippen LogP contribution in [0.4, 0.5) is 0 Å². The van der Waals surface area contributed by atoms with E-state index in [4.69, 9.17) is 5.73 Å². The Hall–Kier alpha value is -0.0800. The maximum Gasteiger partial charge on any atom is 0.00103 e. The Morgan fingerprint density at radius 2 is 1.17 bits per heavy atom. The minimum Gasteiger partial charge on any atom is -0.330 e. The van der Waals surface area contributed by atoms with Crippen molar-refractivity contribution in [1.29, 1.82) is 0 Å². The SMILES string of the molecule is CC.CC(C)NCCCCCCCCCCCN.[HH].[HH]. The van der Waals surface area contributed by atoms with Crippen molar-refractivity contribution in [1.82, 2.24) is 5.32 Å². The molecule has 0 aliphatic carbocycles. The first kappa shape index (κ1) is 20.2. The molecule has 0 unspecified atom stereocenters. The fraction of sp³-hybridized carbons (Fsp3) is 1.00. The van der Waals surface area contributed by atoms with Crippen LogP contribution >= 0.6 is 0 Å². The number of hydrogen-bond donors (Lipinski definition) is 2. The first-order valence-electron chi connectivity index (χ1n) is 8.21. The molecule has 0 aliphatic heterocycles. The predicted molar refractivity (Wildman–Crippen MR) is 89.3 cm³/mol. The molecule has 0 atom stereocenters. The summed E-state index contributed by atoms with van der Waals surface area (Å²) in [6.07, 6.45) is 12.3. The molecule has 0 bridgehead atoms. The summed E-state index contributed by atoms with van der Waals surface area (Å²) >= 11 is 0. The fourth-order valence-corrected chi connectivity index (χ4v) is 1.90. The van der Waals surface area contributed by atoms with Crippen molar-refractivity contribution in [3.8, 4) is 0 Å². The monoisotopic (exact) mass is 262 g/mol. The number of nitrogens with one attached hydrogen (secondary N) is 1. The van der Waals surface area contributed by atoms with Gasteiger partial charge in [-0.1, -0.05) is 72.6 Å². The van der Waals surface area contributed by atoms with E-state index in [-0.39, 0.29) is 2.85 Å². The first-order chi connectivity index (χ1) is 8.77. The summed E-state index contributed by atoms with van der Waals surface area (Å²) in [6.45, 7) is 10.5. The van der Waals surface area contributed by atoms with Gasteiger partial charge in [0.25, 0.3) is 0 Å². The minimum atomic E-state index is 0. The van der Waals surface area contributed by atoms with E-state index in [0.29, 0.717) is 6.04 Å². The molecule has 0 radical (unpaired) electrons. The lowest BCUT2D eigenvalue weighted by Crippen LogP contribution is -2.23. The second-order valence-corrected chi connectivity index (χ2v) is 5.08. The van der Waals surface area contributed by atoms with E-state index in [1.54, 1.807) is 0 Å². The van der Waals surface area contributed by atoms with Crippen molar-refractivity contribution in [2.24, 2.45) is 5.73 Å². The van der Waals surface area contributed by atoms with Gasteiger partial charge in [0.1, 0.15) is 0 Å². The second-order valence-electron chi connectivity index (χ2n) is 5.08. The summed E-state index contributed by atoms with van der Waals surface area (Å²) in [5.41, 5.74) is 5.45. The smallest absolute Gasteiger partial charge is 0.00103 e. The number of rotatable bonds is 12. The molecule has 0 fully saturated rings. The van der Waals surface area contributed by atoms with Crippen LogP contribution in [0.3, 0.4) is 0 Å². The van der Waals surface area contributed by atoms with Gasteiger partial charge in [0.05, 0.1) is 0 Å². The molecule has 0 heterocycles. The zero-order valence-electron chi connectivity index (χ0n) is 13.4. The molecule has 116 valence electrons. The van der Waals surface area contributed by atoms with E-state index in [1.807, 2.05) is 13.8 Å². The Bertz CT molecular complexity index is 134. The van der Waals surface area contributed by atoms with Crippen LogP contribution in [0.25, 0.3) is 0 Å². The third-order valence-electron chi connectivity index (χ3n) is 2.93. The highest BCUT2D eigenvalue weighted by atomic mass is 14.9. The van der Waals surface area contributed by atoms with Crippen LogP contribution in [0.5, 0.6) is 0 Å². The Kier molecular flexibility index (Phi) is 21.7. The topological polar surface area (TPSA) is 38.0 Å². The van der Waals surface area contributed by atoms with Gasteiger partial charge in [-0.2, -0.15) is 0 Å². The molecule has 18 heavy (non-hydrogen) atoms. The summed E-state index contributed by atoms with van der Waals surface area (Å²) in [4.78, 5) is 0. The second kappa shape index (κ2) is 19.3. The van der Waals surface area contributed by atoms with Crippen LogP contribution < -0.4 is 11.1 Å².